The summed E-state index contributed by atoms with van der Waals surface area (Å²) >= 11 is 0. The largest absolute Gasteiger partial charge is 0.392 e. The van der Waals surface area contributed by atoms with Gasteiger partial charge in [-0.2, -0.15) is 0 Å². The molecule has 0 spiro atoms. The molecular formula is C24H24N2O4. The lowest BCUT2D eigenvalue weighted by Crippen LogP contribution is -2.24. The van der Waals surface area contributed by atoms with E-state index in [1.54, 1.807) is 48.5 Å². The number of nitrogens with one attached hydrogen (secondary N) is 2. The van der Waals surface area contributed by atoms with Crippen LogP contribution in [0, 0.1) is 0 Å². The molecule has 0 saturated carbocycles. The average Bonchev–Trinajstić information content (AvgIpc) is 2.81. The Hall–Kier alpha value is -3.48. The number of rotatable bonds is 8. The van der Waals surface area contributed by atoms with E-state index in [2.05, 4.69) is 10.6 Å². The van der Waals surface area contributed by atoms with Gasteiger partial charge in [-0.3, -0.25) is 9.59 Å². The molecule has 0 aliphatic rings. The van der Waals surface area contributed by atoms with E-state index in [1.807, 2.05) is 24.3 Å². The van der Waals surface area contributed by atoms with Crippen LogP contribution in [0.4, 0.5) is 0 Å². The first-order chi connectivity index (χ1) is 14.6. The molecule has 0 fully saturated rings. The van der Waals surface area contributed by atoms with Gasteiger partial charge in [-0.15, -0.1) is 0 Å². The fraction of sp³-hybridized carbons (Fsp3) is 0.167. The highest BCUT2D eigenvalue weighted by Gasteiger charge is 2.08. The van der Waals surface area contributed by atoms with Gasteiger partial charge in [-0.05, 0) is 46.5 Å². The van der Waals surface area contributed by atoms with Crippen molar-refractivity contribution in [2.24, 2.45) is 0 Å². The summed E-state index contributed by atoms with van der Waals surface area (Å²) in [7, 11) is 0. The Balaban J connectivity index is 1.56. The quantitative estimate of drug-likeness (QED) is 0.464. The first-order valence-corrected chi connectivity index (χ1v) is 9.63. The predicted octanol–water partition coefficient (Wildman–Crippen LogP) is 2.53. The fourth-order valence-corrected chi connectivity index (χ4v) is 3.04. The molecule has 0 radical (unpaired) electrons. The number of carbonyl (C=O) groups excluding carboxylic acids is 2. The second-order valence-corrected chi connectivity index (χ2v) is 6.90. The number of carbonyl (C=O) groups is 2. The van der Waals surface area contributed by atoms with Crippen LogP contribution in [0.15, 0.2) is 72.8 Å². The first-order valence-electron chi connectivity index (χ1n) is 9.63. The smallest absolute Gasteiger partial charge is 0.251 e. The third-order valence-corrected chi connectivity index (χ3v) is 4.64. The van der Waals surface area contributed by atoms with Crippen LogP contribution in [0.25, 0.3) is 0 Å². The van der Waals surface area contributed by atoms with Crippen molar-refractivity contribution >= 4 is 11.8 Å². The molecule has 3 aromatic carbocycles. The molecule has 0 atom stereocenters. The van der Waals surface area contributed by atoms with Crippen LogP contribution in [0.5, 0.6) is 0 Å². The summed E-state index contributed by atoms with van der Waals surface area (Å²) in [4.78, 5) is 24.7. The van der Waals surface area contributed by atoms with Gasteiger partial charge in [0.25, 0.3) is 11.8 Å². The molecule has 0 bridgehead atoms. The molecule has 3 aromatic rings. The zero-order valence-corrected chi connectivity index (χ0v) is 16.5. The second-order valence-electron chi connectivity index (χ2n) is 6.90. The number of benzene rings is 3. The van der Waals surface area contributed by atoms with Crippen molar-refractivity contribution in [1.82, 2.24) is 10.6 Å². The molecule has 0 aromatic heterocycles. The van der Waals surface area contributed by atoms with Gasteiger partial charge < -0.3 is 20.8 Å². The van der Waals surface area contributed by atoms with Crippen molar-refractivity contribution in [3.63, 3.8) is 0 Å². The fourth-order valence-electron chi connectivity index (χ4n) is 3.04. The van der Waals surface area contributed by atoms with E-state index >= 15 is 0 Å². The lowest BCUT2D eigenvalue weighted by molar-refractivity contribution is 0.0943. The SMILES string of the molecule is O=C(NCc1cccc(CNC(=O)c2cccc(CO)c2)c1)c1cccc(CO)c1. The zero-order valence-electron chi connectivity index (χ0n) is 16.5. The zero-order chi connectivity index (χ0) is 21.3. The number of hydrogen-bond donors (Lipinski definition) is 4. The van der Waals surface area contributed by atoms with Crippen LogP contribution in [0.1, 0.15) is 43.0 Å². The summed E-state index contributed by atoms with van der Waals surface area (Å²) in [6.45, 7) is 0.476. The molecule has 30 heavy (non-hydrogen) atoms. The van der Waals surface area contributed by atoms with Crippen molar-refractivity contribution in [3.05, 3.63) is 106 Å². The van der Waals surface area contributed by atoms with Gasteiger partial charge >= 0.3 is 0 Å². The van der Waals surface area contributed by atoms with E-state index in [1.165, 1.54) is 0 Å². The lowest BCUT2D eigenvalue weighted by Gasteiger charge is -2.10. The molecule has 0 aliphatic carbocycles. The molecule has 0 heterocycles. The maximum absolute atomic E-state index is 12.3. The third-order valence-electron chi connectivity index (χ3n) is 4.64. The minimum absolute atomic E-state index is 0.112. The van der Waals surface area contributed by atoms with Gasteiger partial charge in [0.15, 0.2) is 0 Å². The summed E-state index contributed by atoms with van der Waals surface area (Å²) in [6.07, 6.45) is 0. The first kappa shape index (κ1) is 21.2. The van der Waals surface area contributed by atoms with Crippen LogP contribution in [0.2, 0.25) is 0 Å². The molecule has 4 N–H and O–H groups in total. The minimum atomic E-state index is -0.215. The second kappa shape index (κ2) is 10.3. The molecule has 154 valence electrons. The maximum Gasteiger partial charge on any atom is 0.251 e. The summed E-state index contributed by atoms with van der Waals surface area (Å²) in [6, 6.07) is 21.3. The number of aliphatic hydroxyl groups excluding tert-OH is 2. The Bertz CT molecular complexity index is 954. The van der Waals surface area contributed by atoms with Crippen LogP contribution < -0.4 is 10.6 Å². The van der Waals surface area contributed by atoms with Crippen molar-refractivity contribution in [2.45, 2.75) is 26.3 Å². The molecule has 2 amide bonds. The average molecular weight is 404 g/mol. The van der Waals surface area contributed by atoms with Gasteiger partial charge in [-0.25, -0.2) is 0 Å². The van der Waals surface area contributed by atoms with E-state index in [4.69, 9.17) is 0 Å². The Labute approximate surface area is 175 Å². The predicted molar refractivity (Wildman–Crippen MR) is 114 cm³/mol. The summed E-state index contributed by atoms with van der Waals surface area (Å²) in [5.41, 5.74) is 4.19. The van der Waals surface area contributed by atoms with Crippen LogP contribution >= 0.6 is 0 Å². The highest BCUT2D eigenvalue weighted by molar-refractivity contribution is 5.94. The standard InChI is InChI=1S/C24H24N2O4/c27-15-19-6-2-8-21(11-19)23(29)25-13-17-4-1-5-18(10-17)14-26-24(30)22-9-3-7-20(12-22)16-28/h1-12,27-28H,13-16H2,(H,25,29)(H,26,30). The van der Waals surface area contributed by atoms with E-state index in [0.717, 1.165) is 11.1 Å². The van der Waals surface area contributed by atoms with Crippen LogP contribution in [-0.2, 0) is 26.3 Å². The number of amides is 2. The highest BCUT2D eigenvalue weighted by Crippen LogP contribution is 2.09. The summed E-state index contributed by atoms with van der Waals surface area (Å²) in [5.74, 6) is -0.430. The third kappa shape index (κ3) is 5.76. The molecule has 6 nitrogen and oxygen atoms in total. The molecule has 6 heteroatoms. The van der Waals surface area contributed by atoms with E-state index in [9.17, 15) is 19.8 Å². The van der Waals surface area contributed by atoms with Crippen molar-refractivity contribution in [2.75, 3.05) is 0 Å². The molecule has 0 aliphatic heterocycles. The van der Waals surface area contributed by atoms with Crippen molar-refractivity contribution in [1.29, 1.82) is 0 Å². The van der Waals surface area contributed by atoms with Crippen LogP contribution in [0.3, 0.4) is 0 Å². The molecule has 0 unspecified atom stereocenters. The van der Waals surface area contributed by atoms with Crippen molar-refractivity contribution < 1.29 is 19.8 Å². The highest BCUT2D eigenvalue weighted by atomic mass is 16.3. The Morgan fingerprint density at radius 3 is 1.43 bits per heavy atom. The topological polar surface area (TPSA) is 98.7 Å². The molecular weight excluding hydrogens is 380 g/mol. The maximum atomic E-state index is 12.3. The van der Waals surface area contributed by atoms with Crippen molar-refractivity contribution in [3.8, 4) is 0 Å². The number of aliphatic hydroxyl groups is 2. The van der Waals surface area contributed by atoms with Gasteiger partial charge in [-0.1, -0.05) is 48.5 Å². The van der Waals surface area contributed by atoms with E-state index < -0.39 is 0 Å². The Morgan fingerprint density at radius 1 is 0.600 bits per heavy atom. The minimum Gasteiger partial charge on any atom is -0.392 e. The Morgan fingerprint density at radius 2 is 1.00 bits per heavy atom. The van der Waals surface area contributed by atoms with Gasteiger partial charge in [0.05, 0.1) is 13.2 Å². The molecule has 3 rings (SSSR count). The number of hydrogen-bond acceptors (Lipinski definition) is 4. The van der Waals surface area contributed by atoms with Gasteiger partial charge in [0.1, 0.15) is 0 Å². The van der Waals surface area contributed by atoms with E-state index in [0.29, 0.717) is 35.3 Å². The normalized spacial score (nSPS) is 10.5. The summed E-state index contributed by atoms with van der Waals surface area (Å²) < 4.78 is 0. The monoisotopic (exact) mass is 404 g/mol. The lowest BCUT2D eigenvalue weighted by atomic mass is 10.1. The van der Waals surface area contributed by atoms with E-state index in [-0.39, 0.29) is 25.0 Å². The van der Waals surface area contributed by atoms with Gasteiger partial charge in [0, 0.05) is 24.2 Å². The Kier molecular flexibility index (Phi) is 7.32. The molecule has 0 saturated heterocycles. The van der Waals surface area contributed by atoms with Crippen LogP contribution in [-0.4, -0.2) is 22.0 Å². The van der Waals surface area contributed by atoms with Gasteiger partial charge in [0.2, 0.25) is 0 Å². The summed E-state index contributed by atoms with van der Waals surface area (Å²) in [5, 5.41) is 24.1.